The molecule has 21 heavy (non-hydrogen) atoms. The molecule has 3 N–H and O–H groups in total. The number of nitrogens with zero attached hydrogens (tertiary/aromatic N) is 3. The van der Waals surface area contributed by atoms with Crippen LogP contribution in [-0.4, -0.2) is 44.3 Å². The molecular formula is C13H15N5O3. The number of amides is 1. The van der Waals surface area contributed by atoms with Crippen LogP contribution in [-0.2, 0) is 11.8 Å². The summed E-state index contributed by atoms with van der Waals surface area (Å²) in [4.78, 5) is 27.1. The largest absolute Gasteiger partial charge is 0.478 e. The van der Waals surface area contributed by atoms with Crippen LogP contribution in [0.3, 0.4) is 0 Å². The highest BCUT2D eigenvalue weighted by Gasteiger charge is 2.23. The Hall–Kier alpha value is -2.64. The second kappa shape index (κ2) is 5.04. The molecule has 1 aliphatic carbocycles. The van der Waals surface area contributed by atoms with Gasteiger partial charge in [0.1, 0.15) is 5.56 Å². The molecule has 0 aromatic carbocycles. The molecule has 2 aromatic rings. The first-order valence-corrected chi connectivity index (χ1v) is 6.63. The maximum atomic E-state index is 11.7. The van der Waals surface area contributed by atoms with Crippen LogP contribution in [0, 0.1) is 0 Å². The molecule has 0 aliphatic heterocycles. The summed E-state index contributed by atoms with van der Waals surface area (Å²) in [7, 11) is 1.72. The van der Waals surface area contributed by atoms with E-state index in [1.54, 1.807) is 11.7 Å². The lowest BCUT2D eigenvalue weighted by molar-refractivity contribution is -0.119. The van der Waals surface area contributed by atoms with Crippen molar-refractivity contribution in [2.24, 2.45) is 7.05 Å². The van der Waals surface area contributed by atoms with Gasteiger partial charge in [0.15, 0.2) is 5.65 Å². The second-order valence-corrected chi connectivity index (χ2v) is 5.05. The standard InChI is InChI=1S/C13H15N5O3/c1-18-12-8(5-16-18)11(9(4-15-12)13(20)21)14-6-10(19)17-7-2-3-7/h4-5,7H,2-3,6H2,1H3,(H,14,15)(H,17,19)(H,20,21). The maximum absolute atomic E-state index is 11.7. The van der Waals surface area contributed by atoms with Crippen LogP contribution >= 0.6 is 0 Å². The number of carboxylic acid groups (broad SMARTS) is 1. The van der Waals surface area contributed by atoms with E-state index in [2.05, 4.69) is 20.7 Å². The van der Waals surface area contributed by atoms with Crippen LogP contribution in [0.25, 0.3) is 11.0 Å². The number of aryl methyl sites for hydroxylation is 1. The molecule has 8 nitrogen and oxygen atoms in total. The number of carbonyl (C=O) groups excluding carboxylic acids is 1. The first-order chi connectivity index (χ1) is 10.1. The van der Waals surface area contributed by atoms with E-state index >= 15 is 0 Å². The van der Waals surface area contributed by atoms with Gasteiger partial charge in [-0.1, -0.05) is 0 Å². The number of carbonyl (C=O) groups is 2. The Kier molecular flexibility index (Phi) is 3.20. The summed E-state index contributed by atoms with van der Waals surface area (Å²) in [6.45, 7) is 0.0186. The lowest BCUT2D eigenvalue weighted by Gasteiger charge is -2.10. The first-order valence-electron chi connectivity index (χ1n) is 6.63. The fraction of sp³-hybridized carbons (Fsp3) is 0.385. The van der Waals surface area contributed by atoms with Gasteiger partial charge in [-0.05, 0) is 12.8 Å². The van der Waals surface area contributed by atoms with Crippen LogP contribution in [0.4, 0.5) is 5.69 Å². The molecule has 8 heteroatoms. The number of aromatic nitrogens is 3. The number of nitrogens with one attached hydrogen (secondary N) is 2. The van der Waals surface area contributed by atoms with Crippen molar-refractivity contribution in [1.82, 2.24) is 20.1 Å². The Bertz CT molecular complexity index is 720. The molecule has 0 saturated heterocycles. The monoisotopic (exact) mass is 289 g/mol. The molecule has 0 spiro atoms. The minimum Gasteiger partial charge on any atom is -0.478 e. The van der Waals surface area contributed by atoms with E-state index in [0.29, 0.717) is 16.7 Å². The number of fused-ring (bicyclic) bond motifs is 1. The summed E-state index contributed by atoms with van der Waals surface area (Å²) in [5, 5.41) is 19.6. The molecule has 1 saturated carbocycles. The zero-order valence-electron chi connectivity index (χ0n) is 11.5. The van der Waals surface area contributed by atoms with Gasteiger partial charge in [0.2, 0.25) is 5.91 Å². The number of hydrogen-bond acceptors (Lipinski definition) is 5. The van der Waals surface area contributed by atoms with E-state index in [4.69, 9.17) is 0 Å². The predicted octanol–water partition coefficient (Wildman–Crippen LogP) is 0.357. The van der Waals surface area contributed by atoms with Crippen molar-refractivity contribution in [1.29, 1.82) is 0 Å². The molecule has 1 aliphatic rings. The SMILES string of the molecule is Cn1ncc2c(NCC(=O)NC3CC3)c(C(=O)O)cnc21. The molecule has 110 valence electrons. The fourth-order valence-corrected chi connectivity index (χ4v) is 2.12. The van der Waals surface area contributed by atoms with Crippen molar-refractivity contribution in [2.45, 2.75) is 18.9 Å². The molecule has 1 amide bonds. The van der Waals surface area contributed by atoms with Gasteiger partial charge >= 0.3 is 5.97 Å². The van der Waals surface area contributed by atoms with Gasteiger partial charge in [-0.2, -0.15) is 5.10 Å². The zero-order chi connectivity index (χ0) is 15.0. The molecule has 3 rings (SSSR count). The van der Waals surface area contributed by atoms with Crippen LogP contribution in [0.15, 0.2) is 12.4 Å². The van der Waals surface area contributed by atoms with Crippen molar-refractivity contribution in [2.75, 3.05) is 11.9 Å². The molecule has 2 heterocycles. The number of anilines is 1. The Morgan fingerprint density at radius 1 is 1.43 bits per heavy atom. The highest BCUT2D eigenvalue weighted by Crippen LogP contribution is 2.25. The highest BCUT2D eigenvalue weighted by atomic mass is 16.4. The number of carboxylic acids is 1. The summed E-state index contributed by atoms with van der Waals surface area (Å²) in [6.07, 6.45) is 4.83. The molecule has 0 radical (unpaired) electrons. The number of pyridine rings is 1. The van der Waals surface area contributed by atoms with E-state index in [-0.39, 0.29) is 24.1 Å². The minimum absolute atomic E-state index is 0.0186. The van der Waals surface area contributed by atoms with Crippen molar-refractivity contribution in [3.63, 3.8) is 0 Å². The number of aromatic carboxylic acids is 1. The number of hydrogen-bond donors (Lipinski definition) is 3. The van der Waals surface area contributed by atoms with Gasteiger partial charge in [0.05, 0.1) is 23.8 Å². The second-order valence-electron chi connectivity index (χ2n) is 5.05. The third-order valence-corrected chi connectivity index (χ3v) is 3.36. The molecule has 0 bridgehead atoms. The first kappa shape index (κ1) is 13.3. The third kappa shape index (κ3) is 2.64. The van der Waals surface area contributed by atoms with E-state index < -0.39 is 5.97 Å². The van der Waals surface area contributed by atoms with Gasteiger partial charge < -0.3 is 15.7 Å². The summed E-state index contributed by atoms with van der Waals surface area (Å²) in [5.41, 5.74) is 0.950. The van der Waals surface area contributed by atoms with Gasteiger partial charge in [0.25, 0.3) is 0 Å². The predicted molar refractivity (Wildman–Crippen MR) is 75.1 cm³/mol. The van der Waals surface area contributed by atoms with Crippen molar-refractivity contribution in [3.8, 4) is 0 Å². The van der Waals surface area contributed by atoms with Crippen molar-refractivity contribution in [3.05, 3.63) is 18.0 Å². The van der Waals surface area contributed by atoms with Crippen molar-refractivity contribution < 1.29 is 14.7 Å². The van der Waals surface area contributed by atoms with E-state index in [0.717, 1.165) is 12.8 Å². The Morgan fingerprint density at radius 3 is 2.86 bits per heavy atom. The van der Waals surface area contributed by atoms with E-state index in [1.807, 2.05) is 0 Å². The van der Waals surface area contributed by atoms with Gasteiger partial charge in [0, 0.05) is 19.3 Å². The lowest BCUT2D eigenvalue weighted by Crippen LogP contribution is -2.31. The topological polar surface area (TPSA) is 109 Å². The Balaban J connectivity index is 1.88. The lowest BCUT2D eigenvalue weighted by atomic mass is 10.2. The maximum Gasteiger partial charge on any atom is 0.339 e. The molecule has 0 atom stereocenters. The Morgan fingerprint density at radius 2 is 2.19 bits per heavy atom. The van der Waals surface area contributed by atoms with Crippen LogP contribution in [0.1, 0.15) is 23.2 Å². The van der Waals surface area contributed by atoms with Crippen LogP contribution in [0.2, 0.25) is 0 Å². The highest BCUT2D eigenvalue weighted by molar-refractivity contribution is 6.04. The summed E-state index contributed by atoms with van der Waals surface area (Å²) in [6, 6.07) is 0.272. The smallest absolute Gasteiger partial charge is 0.339 e. The average Bonchev–Trinajstić information content (AvgIpc) is 3.18. The zero-order valence-corrected chi connectivity index (χ0v) is 11.5. The fourth-order valence-electron chi connectivity index (χ4n) is 2.12. The molecular weight excluding hydrogens is 274 g/mol. The van der Waals surface area contributed by atoms with Crippen LogP contribution < -0.4 is 10.6 Å². The minimum atomic E-state index is -1.10. The number of rotatable bonds is 5. The molecule has 2 aromatic heterocycles. The third-order valence-electron chi connectivity index (χ3n) is 3.36. The quantitative estimate of drug-likeness (QED) is 0.733. The summed E-state index contributed by atoms with van der Waals surface area (Å²) >= 11 is 0. The van der Waals surface area contributed by atoms with E-state index in [1.165, 1.54) is 12.4 Å². The molecule has 1 fully saturated rings. The summed E-state index contributed by atoms with van der Waals surface area (Å²) in [5.74, 6) is -1.25. The van der Waals surface area contributed by atoms with Gasteiger partial charge in [-0.3, -0.25) is 9.48 Å². The van der Waals surface area contributed by atoms with E-state index in [9.17, 15) is 14.7 Å². The van der Waals surface area contributed by atoms with Crippen LogP contribution in [0.5, 0.6) is 0 Å². The van der Waals surface area contributed by atoms with Crippen molar-refractivity contribution >= 4 is 28.6 Å². The molecule has 0 unspecified atom stereocenters. The van der Waals surface area contributed by atoms with Gasteiger partial charge in [-0.15, -0.1) is 0 Å². The Labute approximate surface area is 120 Å². The average molecular weight is 289 g/mol. The summed E-state index contributed by atoms with van der Waals surface area (Å²) < 4.78 is 1.55. The normalized spacial score (nSPS) is 14.1. The van der Waals surface area contributed by atoms with Gasteiger partial charge in [-0.25, -0.2) is 9.78 Å².